The van der Waals surface area contributed by atoms with Gasteiger partial charge < -0.3 is 5.32 Å². The van der Waals surface area contributed by atoms with Crippen LogP contribution in [0, 0.1) is 6.92 Å². The molecule has 1 atom stereocenters. The van der Waals surface area contributed by atoms with Crippen molar-refractivity contribution >= 4 is 28.8 Å². The van der Waals surface area contributed by atoms with Crippen molar-refractivity contribution in [2.45, 2.75) is 70.5 Å². The minimum Gasteiger partial charge on any atom is -0.351 e. The largest absolute Gasteiger partial charge is 0.351 e. The molecule has 5 rings (SSSR count). The van der Waals surface area contributed by atoms with Crippen molar-refractivity contribution in [3.63, 3.8) is 0 Å². The van der Waals surface area contributed by atoms with Crippen LogP contribution >= 0.6 is 11.3 Å². The summed E-state index contributed by atoms with van der Waals surface area (Å²) in [6.45, 7) is 4.19. The Labute approximate surface area is 198 Å². The number of anilines is 1. The molecule has 0 bridgehead atoms. The number of fused-ring (bicyclic) bond motifs is 1. The van der Waals surface area contributed by atoms with Crippen molar-refractivity contribution < 1.29 is 9.59 Å². The average Bonchev–Trinajstić information content (AvgIpc) is 3.40. The van der Waals surface area contributed by atoms with Crippen molar-refractivity contribution in [1.29, 1.82) is 0 Å². The first-order valence-corrected chi connectivity index (χ1v) is 12.7. The normalized spacial score (nSPS) is 21.5. The summed E-state index contributed by atoms with van der Waals surface area (Å²) in [5.74, 6) is -0.305. The van der Waals surface area contributed by atoms with Gasteiger partial charge in [0.2, 0.25) is 5.91 Å². The Bertz CT molecular complexity index is 1140. The van der Waals surface area contributed by atoms with E-state index in [0.717, 1.165) is 47.5 Å². The summed E-state index contributed by atoms with van der Waals surface area (Å²) in [6.07, 6.45) is 6.71. The number of rotatable bonds is 4. The minimum absolute atomic E-state index is 0.109. The lowest BCUT2D eigenvalue weighted by Gasteiger charge is -2.43. The molecule has 1 aliphatic carbocycles. The van der Waals surface area contributed by atoms with Crippen LogP contribution in [0.3, 0.4) is 0 Å². The Morgan fingerprint density at radius 1 is 1.12 bits per heavy atom. The molecule has 2 aromatic heterocycles. The Kier molecular flexibility index (Phi) is 5.83. The van der Waals surface area contributed by atoms with Gasteiger partial charge in [0.05, 0.1) is 11.4 Å². The highest BCUT2D eigenvalue weighted by Gasteiger charge is 2.49. The molecule has 2 amide bonds. The molecule has 33 heavy (non-hydrogen) atoms. The second-order valence-corrected chi connectivity index (χ2v) is 10.4. The zero-order valence-corrected chi connectivity index (χ0v) is 20.0. The van der Waals surface area contributed by atoms with Crippen LogP contribution in [0.2, 0.25) is 0 Å². The fraction of sp³-hybridized carbons (Fsp3) is 0.423. The van der Waals surface area contributed by atoms with E-state index >= 15 is 0 Å². The maximum Gasteiger partial charge on any atom is 0.277 e. The third-order valence-corrected chi connectivity index (χ3v) is 7.79. The number of hydrogen-bond acceptors (Lipinski definition) is 4. The standard InChI is InChI=1S/C26H30N4O2S/c1-18-11-13-20(14-12-18)30-24(31)22-16-21(23-10-7-15-33-23)28-29(22)17-26(30,2)25(32)27-19-8-5-3-4-6-9-19/h7,10-16,19H,3-6,8-9,17H2,1-2H3,(H,27,32)/t26-/m1/s1. The molecule has 7 heteroatoms. The van der Waals surface area contributed by atoms with E-state index in [0.29, 0.717) is 12.2 Å². The third kappa shape index (κ3) is 4.10. The topological polar surface area (TPSA) is 67.2 Å². The Morgan fingerprint density at radius 3 is 2.52 bits per heavy atom. The highest BCUT2D eigenvalue weighted by Crippen LogP contribution is 2.35. The van der Waals surface area contributed by atoms with Gasteiger partial charge in [-0.3, -0.25) is 19.2 Å². The summed E-state index contributed by atoms with van der Waals surface area (Å²) in [7, 11) is 0. The molecule has 0 radical (unpaired) electrons. The smallest absolute Gasteiger partial charge is 0.277 e. The number of benzene rings is 1. The molecular weight excluding hydrogens is 432 g/mol. The lowest BCUT2D eigenvalue weighted by molar-refractivity contribution is -0.127. The molecule has 172 valence electrons. The average molecular weight is 463 g/mol. The monoisotopic (exact) mass is 462 g/mol. The Morgan fingerprint density at radius 2 is 1.85 bits per heavy atom. The van der Waals surface area contributed by atoms with Crippen LogP contribution in [-0.2, 0) is 11.3 Å². The van der Waals surface area contributed by atoms with Crippen LogP contribution in [-0.4, -0.2) is 33.2 Å². The first-order valence-electron chi connectivity index (χ1n) is 11.8. The summed E-state index contributed by atoms with van der Waals surface area (Å²) in [5, 5.41) is 10.0. The van der Waals surface area contributed by atoms with E-state index in [1.807, 2.05) is 61.7 Å². The summed E-state index contributed by atoms with van der Waals surface area (Å²) >= 11 is 1.59. The molecule has 1 saturated carbocycles. The molecule has 1 fully saturated rings. The van der Waals surface area contributed by atoms with Gasteiger partial charge in [0.15, 0.2) is 0 Å². The van der Waals surface area contributed by atoms with Gasteiger partial charge in [-0.2, -0.15) is 5.10 Å². The Hall–Kier alpha value is -2.93. The third-order valence-electron chi connectivity index (χ3n) is 6.90. The highest BCUT2D eigenvalue weighted by atomic mass is 32.1. The molecule has 3 aromatic rings. The number of thiophene rings is 1. The molecule has 6 nitrogen and oxygen atoms in total. The van der Waals surface area contributed by atoms with E-state index in [2.05, 4.69) is 5.32 Å². The number of amides is 2. The zero-order chi connectivity index (χ0) is 23.0. The molecule has 1 aromatic carbocycles. The van der Waals surface area contributed by atoms with Crippen LogP contribution in [0.1, 0.15) is 61.5 Å². The molecule has 3 heterocycles. The van der Waals surface area contributed by atoms with Crippen molar-refractivity contribution in [2.75, 3.05) is 4.90 Å². The van der Waals surface area contributed by atoms with Gasteiger partial charge >= 0.3 is 0 Å². The maximum atomic E-state index is 13.8. The summed E-state index contributed by atoms with van der Waals surface area (Å²) in [5.41, 5.74) is 2.04. The number of nitrogens with one attached hydrogen (secondary N) is 1. The van der Waals surface area contributed by atoms with E-state index in [-0.39, 0.29) is 17.9 Å². The predicted molar refractivity (Wildman–Crippen MR) is 132 cm³/mol. The van der Waals surface area contributed by atoms with Crippen molar-refractivity contribution in [3.05, 3.63) is 59.1 Å². The summed E-state index contributed by atoms with van der Waals surface area (Å²) in [4.78, 5) is 30.3. The number of carbonyl (C=O) groups excluding carboxylic acids is 2. The van der Waals surface area contributed by atoms with Gasteiger partial charge in [-0.15, -0.1) is 11.3 Å². The minimum atomic E-state index is -1.08. The lowest BCUT2D eigenvalue weighted by Crippen LogP contribution is -2.65. The van der Waals surface area contributed by atoms with Crippen molar-refractivity contribution in [2.24, 2.45) is 0 Å². The number of hydrogen-bond donors (Lipinski definition) is 1. The molecule has 1 N–H and O–H groups in total. The fourth-order valence-corrected chi connectivity index (χ4v) is 5.67. The van der Waals surface area contributed by atoms with Crippen LogP contribution in [0.4, 0.5) is 5.69 Å². The zero-order valence-electron chi connectivity index (χ0n) is 19.2. The molecule has 0 unspecified atom stereocenters. The van der Waals surface area contributed by atoms with Crippen LogP contribution in [0.15, 0.2) is 47.8 Å². The van der Waals surface area contributed by atoms with Gasteiger partial charge in [-0.25, -0.2) is 0 Å². The number of aryl methyl sites for hydroxylation is 1. The second kappa shape index (κ2) is 8.78. The first-order chi connectivity index (χ1) is 16.0. The van der Waals surface area contributed by atoms with Crippen LogP contribution in [0.5, 0.6) is 0 Å². The Balaban J connectivity index is 1.54. The van der Waals surface area contributed by atoms with Crippen LogP contribution in [0.25, 0.3) is 10.6 Å². The first kappa shape index (κ1) is 21.9. The predicted octanol–water partition coefficient (Wildman–Crippen LogP) is 5.18. The van der Waals surface area contributed by atoms with E-state index in [9.17, 15) is 9.59 Å². The van der Waals surface area contributed by atoms with Gasteiger partial charge in [-0.05, 0) is 56.3 Å². The molecule has 1 aliphatic heterocycles. The summed E-state index contributed by atoms with van der Waals surface area (Å²) in [6, 6.07) is 13.8. The van der Waals surface area contributed by atoms with Crippen molar-refractivity contribution in [3.8, 4) is 10.6 Å². The maximum absolute atomic E-state index is 13.8. The molecule has 0 spiro atoms. The summed E-state index contributed by atoms with van der Waals surface area (Å²) < 4.78 is 1.72. The van der Waals surface area contributed by atoms with Gasteiger partial charge in [-0.1, -0.05) is 49.4 Å². The fourth-order valence-electron chi connectivity index (χ4n) is 4.99. The number of nitrogens with zero attached hydrogens (tertiary/aromatic N) is 3. The quantitative estimate of drug-likeness (QED) is 0.544. The van der Waals surface area contributed by atoms with Crippen LogP contribution < -0.4 is 10.2 Å². The molecule has 0 saturated heterocycles. The lowest BCUT2D eigenvalue weighted by atomic mass is 9.93. The van der Waals surface area contributed by atoms with Crippen molar-refractivity contribution in [1.82, 2.24) is 15.1 Å². The van der Waals surface area contributed by atoms with Gasteiger partial charge in [0.1, 0.15) is 16.9 Å². The second-order valence-electron chi connectivity index (χ2n) is 9.46. The van der Waals surface area contributed by atoms with Gasteiger partial charge in [0.25, 0.3) is 5.91 Å². The molecular formula is C26H30N4O2S. The SMILES string of the molecule is Cc1ccc(N2C(=O)c3cc(-c4cccs4)nn3C[C@]2(C)C(=O)NC2CCCCCC2)cc1. The number of aromatic nitrogens is 2. The van der Waals surface area contributed by atoms with E-state index < -0.39 is 5.54 Å². The van der Waals surface area contributed by atoms with E-state index in [1.165, 1.54) is 12.8 Å². The van der Waals surface area contributed by atoms with E-state index in [1.54, 1.807) is 20.9 Å². The molecule has 2 aliphatic rings. The number of carbonyl (C=O) groups is 2. The van der Waals surface area contributed by atoms with Gasteiger partial charge in [0, 0.05) is 11.7 Å². The highest BCUT2D eigenvalue weighted by molar-refractivity contribution is 7.13. The van der Waals surface area contributed by atoms with E-state index in [4.69, 9.17) is 5.10 Å².